The first-order valence-corrected chi connectivity index (χ1v) is 14.4. The number of carbonyl (C=O) groups is 2. The summed E-state index contributed by atoms with van der Waals surface area (Å²) in [5.41, 5.74) is 1.99. The van der Waals surface area contributed by atoms with Gasteiger partial charge >= 0.3 is 18.1 Å². The van der Waals surface area contributed by atoms with Crippen molar-refractivity contribution in [3.63, 3.8) is 0 Å². The molecule has 3 N–H and O–H groups in total. The molecule has 4 rings (SSSR count). The maximum Gasteiger partial charge on any atom is 0.490 e. The third-order valence-electron chi connectivity index (χ3n) is 6.20. The van der Waals surface area contributed by atoms with Gasteiger partial charge in [-0.15, -0.1) is 0 Å². The number of nitrogens with zero attached hydrogens (tertiary/aromatic N) is 3. The molecule has 10 nitrogen and oxygen atoms in total. The Labute approximate surface area is 241 Å². The number of hydrogen-bond acceptors (Lipinski definition) is 7. The fourth-order valence-corrected chi connectivity index (χ4v) is 5.29. The summed E-state index contributed by atoms with van der Waals surface area (Å²) in [6, 6.07) is 17.2. The summed E-state index contributed by atoms with van der Waals surface area (Å²) in [5, 5.41) is 16.6. The van der Waals surface area contributed by atoms with Crippen LogP contribution in [-0.2, 0) is 21.2 Å². The van der Waals surface area contributed by atoms with E-state index in [1.807, 2.05) is 30.3 Å². The first-order chi connectivity index (χ1) is 19.7. The van der Waals surface area contributed by atoms with Gasteiger partial charge in [-0.2, -0.15) is 13.2 Å². The van der Waals surface area contributed by atoms with Crippen molar-refractivity contribution >= 4 is 39.2 Å². The van der Waals surface area contributed by atoms with Crippen LogP contribution in [0.5, 0.6) is 0 Å². The van der Waals surface area contributed by atoms with Crippen LogP contribution in [0.3, 0.4) is 0 Å². The van der Waals surface area contributed by atoms with Gasteiger partial charge in [-0.25, -0.2) is 23.0 Å². The molecule has 2 heterocycles. The fraction of sp³-hybridized carbons (Fsp3) is 0.321. The minimum Gasteiger partial charge on any atom is -0.478 e. The van der Waals surface area contributed by atoms with Crippen LogP contribution in [0.2, 0.25) is 0 Å². The molecule has 1 aromatic heterocycles. The molecule has 0 saturated carbocycles. The molecule has 1 saturated heterocycles. The number of carboxylic acid groups (broad SMARTS) is 2. The molecule has 14 heteroatoms. The highest BCUT2D eigenvalue weighted by Crippen LogP contribution is 2.31. The molecule has 0 unspecified atom stereocenters. The normalized spacial score (nSPS) is 13.8. The molecule has 2 aromatic carbocycles. The highest BCUT2D eigenvalue weighted by atomic mass is 32.2. The number of aromatic nitrogens is 1. The predicted molar refractivity (Wildman–Crippen MR) is 152 cm³/mol. The number of halogens is 3. The van der Waals surface area contributed by atoms with E-state index in [0.29, 0.717) is 37.8 Å². The molecule has 1 aliphatic rings. The Balaban J connectivity index is 0.000000616. The second-order valence-corrected chi connectivity index (χ2v) is 11.5. The number of carboxylic acids is 2. The van der Waals surface area contributed by atoms with Crippen LogP contribution in [-0.4, -0.2) is 67.9 Å². The second-order valence-electron chi connectivity index (χ2n) is 9.85. The van der Waals surface area contributed by atoms with E-state index < -0.39 is 28.1 Å². The highest BCUT2D eigenvalue weighted by molar-refractivity contribution is 7.92. The largest absolute Gasteiger partial charge is 0.490 e. The maximum absolute atomic E-state index is 13.2. The molecule has 0 amide bonds. The van der Waals surface area contributed by atoms with Crippen LogP contribution >= 0.6 is 0 Å². The third-order valence-corrected chi connectivity index (χ3v) is 7.58. The minimum absolute atomic E-state index is 0.0193. The van der Waals surface area contributed by atoms with Crippen molar-refractivity contribution in [1.82, 2.24) is 4.98 Å². The van der Waals surface area contributed by atoms with Gasteiger partial charge in [0, 0.05) is 32.4 Å². The van der Waals surface area contributed by atoms with Crippen molar-refractivity contribution in [3.05, 3.63) is 78.0 Å². The van der Waals surface area contributed by atoms with Gasteiger partial charge in [0.15, 0.2) is 0 Å². The van der Waals surface area contributed by atoms with E-state index in [1.54, 1.807) is 24.4 Å². The molecule has 0 radical (unpaired) electrons. The minimum atomic E-state index is -5.08. The Kier molecular flexibility index (Phi) is 10.4. The molecule has 0 spiro atoms. The fourth-order valence-electron chi connectivity index (χ4n) is 4.22. The number of alkyl halides is 3. The SMILES string of the molecule is CC(C)Cc1ccc(S(=O)(=O)Nc2cc(C(=O)O)ccc2N2CCN(c3ccccn3)CC2)cc1.O=C(O)C(F)(F)F. The van der Waals surface area contributed by atoms with Crippen molar-refractivity contribution in [3.8, 4) is 0 Å². The van der Waals surface area contributed by atoms with Crippen LogP contribution in [0.4, 0.5) is 30.4 Å². The van der Waals surface area contributed by atoms with E-state index in [9.17, 15) is 31.5 Å². The summed E-state index contributed by atoms with van der Waals surface area (Å²) < 4.78 is 60.8. The summed E-state index contributed by atoms with van der Waals surface area (Å²) in [5.74, 6) is -2.51. The molecule has 1 aliphatic heterocycles. The van der Waals surface area contributed by atoms with E-state index >= 15 is 0 Å². The number of aliphatic carboxylic acids is 1. The number of aromatic carboxylic acids is 1. The van der Waals surface area contributed by atoms with Gasteiger partial charge in [0.25, 0.3) is 10.0 Å². The van der Waals surface area contributed by atoms with Crippen LogP contribution < -0.4 is 14.5 Å². The van der Waals surface area contributed by atoms with Crippen molar-refractivity contribution < 1.29 is 41.4 Å². The average molecular weight is 609 g/mol. The van der Waals surface area contributed by atoms with E-state index in [2.05, 4.69) is 33.4 Å². The summed E-state index contributed by atoms with van der Waals surface area (Å²) in [6.07, 6.45) is -2.46. The van der Waals surface area contributed by atoms with Gasteiger partial charge in [-0.3, -0.25) is 4.72 Å². The first kappa shape index (κ1) is 32.2. The zero-order valence-electron chi connectivity index (χ0n) is 22.9. The van der Waals surface area contributed by atoms with Crippen molar-refractivity contribution in [2.24, 2.45) is 5.92 Å². The van der Waals surface area contributed by atoms with Gasteiger partial charge in [-0.1, -0.05) is 32.0 Å². The number of anilines is 3. The van der Waals surface area contributed by atoms with Gasteiger partial charge in [-0.05, 0) is 60.4 Å². The van der Waals surface area contributed by atoms with Crippen molar-refractivity contribution in [2.45, 2.75) is 31.3 Å². The monoisotopic (exact) mass is 608 g/mol. The number of rotatable bonds is 8. The van der Waals surface area contributed by atoms with Gasteiger partial charge in [0.05, 0.1) is 21.8 Å². The average Bonchev–Trinajstić information content (AvgIpc) is 2.93. The molecular weight excluding hydrogens is 577 g/mol. The number of nitrogens with one attached hydrogen (secondary N) is 1. The quantitative estimate of drug-likeness (QED) is 0.331. The maximum atomic E-state index is 13.2. The lowest BCUT2D eigenvalue weighted by molar-refractivity contribution is -0.192. The van der Waals surface area contributed by atoms with Gasteiger partial charge in [0.2, 0.25) is 0 Å². The standard InChI is InChI=1S/C26H30N4O4S.C2HF3O2/c1-19(2)17-20-6-9-22(10-7-20)35(33,34)28-23-18-21(26(31)32)8-11-24(23)29-13-15-30(16-14-29)25-5-3-4-12-27-25;3-2(4,5)1(6)7/h3-12,18-19,28H,13-17H2,1-2H3,(H,31,32);(H,6,7). The van der Waals surface area contributed by atoms with Crippen LogP contribution in [0.25, 0.3) is 0 Å². The zero-order valence-corrected chi connectivity index (χ0v) is 23.7. The van der Waals surface area contributed by atoms with Gasteiger partial charge in [0.1, 0.15) is 5.82 Å². The van der Waals surface area contributed by atoms with E-state index in [0.717, 1.165) is 17.8 Å². The summed E-state index contributed by atoms with van der Waals surface area (Å²) in [7, 11) is -3.91. The van der Waals surface area contributed by atoms with Crippen molar-refractivity contribution in [1.29, 1.82) is 0 Å². The van der Waals surface area contributed by atoms with E-state index in [1.165, 1.54) is 12.1 Å². The molecule has 226 valence electrons. The van der Waals surface area contributed by atoms with Gasteiger partial charge < -0.3 is 20.0 Å². The zero-order chi connectivity index (χ0) is 31.1. The Hall–Kier alpha value is -4.33. The van der Waals surface area contributed by atoms with E-state index in [4.69, 9.17) is 9.90 Å². The first-order valence-electron chi connectivity index (χ1n) is 12.9. The number of piperazine rings is 1. The molecule has 42 heavy (non-hydrogen) atoms. The summed E-state index contributed by atoms with van der Waals surface area (Å²) in [4.78, 5) is 29.3. The Morgan fingerprint density at radius 1 is 0.952 bits per heavy atom. The number of pyridine rings is 1. The Morgan fingerprint density at radius 2 is 1.55 bits per heavy atom. The lowest BCUT2D eigenvalue weighted by Crippen LogP contribution is -2.47. The molecule has 1 fully saturated rings. The summed E-state index contributed by atoms with van der Waals surface area (Å²) in [6.45, 7) is 6.92. The smallest absolute Gasteiger partial charge is 0.478 e. The van der Waals surface area contributed by atoms with Crippen LogP contribution in [0.1, 0.15) is 29.8 Å². The molecule has 0 aliphatic carbocycles. The Bertz CT molecular complexity index is 1480. The molecule has 0 bridgehead atoms. The third kappa shape index (κ3) is 8.83. The van der Waals surface area contributed by atoms with Crippen molar-refractivity contribution in [2.75, 3.05) is 40.7 Å². The lowest BCUT2D eigenvalue weighted by atomic mass is 10.0. The topological polar surface area (TPSA) is 140 Å². The Morgan fingerprint density at radius 3 is 2.05 bits per heavy atom. The highest BCUT2D eigenvalue weighted by Gasteiger charge is 2.38. The van der Waals surface area contributed by atoms with Crippen LogP contribution in [0, 0.1) is 5.92 Å². The molecular formula is C28H31F3N4O6S. The second kappa shape index (κ2) is 13.6. The number of sulfonamides is 1. The lowest BCUT2D eigenvalue weighted by Gasteiger charge is -2.37. The van der Waals surface area contributed by atoms with E-state index in [-0.39, 0.29) is 16.1 Å². The molecule has 0 atom stereocenters. The number of hydrogen-bond donors (Lipinski definition) is 3. The predicted octanol–water partition coefficient (Wildman–Crippen LogP) is 4.74. The number of benzene rings is 2. The summed E-state index contributed by atoms with van der Waals surface area (Å²) >= 11 is 0. The molecule has 3 aromatic rings. The van der Waals surface area contributed by atoms with Crippen LogP contribution in [0.15, 0.2) is 71.8 Å².